The van der Waals surface area contributed by atoms with E-state index in [9.17, 15) is 4.79 Å². The standard InChI is InChI=1S/C15H25NO3/c1-18-9-7-15(3-2-4-15)13(17)16-8-5-14(11-16)6-10-19-12-14/h2-12H2,1H3/t14-/m0/s1. The van der Waals surface area contributed by atoms with Gasteiger partial charge in [0.15, 0.2) is 0 Å². The molecule has 19 heavy (non-hydrogen) atoms. The van der Waals surface area contributed by atoms with Crippen LogP contribution >= 0.6 is 0 Å². The molecule has 0 radical (unpaired) electrons. The topological polar surface area (TPSA) is 38.8 Å². The van der Waals surface area contributed by atoms with Crippen LogP contribution < -0.4 is 0 Å². The Morgan fingerprint density at radius 2 is 2.16 bits per heavy atom. The van der Waals surface area contributed by atoms with E-state index in [-0.39, 0.29) is 10.8 Å². The van der Waals surface area contributed by atoms with Crippen molar-refractivity contribution in [2.75, 3.05) is 40.0 Å². The lowest BCUT2D eigenvalue weighted by Gasteiger charge is -2.43. The first-order valence-corrected chi connectivity index (χ1v) is 7.56. The van der Waals surface area contributed by atoms with Gasteiger partial charge in [0, 0.05) is 38.8 Å². The van der Waals surface area contributed by atoms with Gasteiger partial charge in [0.1, 0.15) is 0 Å². The van der Waals surface area contributed by atoms with Crippen LogP contribution in [0.3, 0.4) is 0 Å². The van der Waals surface area contributed by atoms with E-state index < -0.39 is 0 Å². The van der Waals surface area contributed by atoms with Crippen LogP contribution in [0.2, 0.25) is 0 Å². The monoisotopic (exact) mass is 267 g/mol. The highest BCUT2D eigenvalue weighted by molar-refractivity contribution is 5.84. The van der Waals surface area contributed by atoms with Crippen LogP contribution in [0.4, 0.5) is 0 Å². The molecule has 3 rings (SSSR count). The minimum atomic E-state index is -0.0962. The zero-order chi connectivity index (χ0) is 13.3. The van der Waals surface area contributed by atoms with E-state index in [0.29, 0.717) is 12.5 Å². The van der Waals surface area contributed by atoms with E-state index in [1.54, 1.807) is 7.11 Å². The molecule has 0 bridgehead atoms. The maximum Gasteiger partial charge on any atom is 0.228 e. The van der Waals surface area contributed by atoms with Crippen LogP contribution in [0.5, 0.6) is 0 Å². The van der Waals surface area contributed by atoms with Gasteiger partial charge < -0.3 is 14.4 Å². The molecule has 1 aliphatic carbocycles. The number of carbonyl (C=O) groups is 1. The molecule has 0 aromatic carbocycles. The number of rotatable bonds is 4. The van der Waals surface area contributed by atoms with Crippen molar-refractivity contribution in [1.82, 2.24) is 4.90 Å². The van der Waals surface area contributed by atoms with E-state index in [1.807, 2.05) is 0 Å². The Hall–Kier alpha value is -0.610. The predicted octanol–water partition coefficient (Wildman–Crippen LogP) is 1.83. The first-order chi connectivity index (χ1) is 9.20. The molecule has 2 aliphatic heterocycles. The second-order valence-electron chi connectivity index (χ2n) is 6.66. The first kappa shape index (κ1) is 13.4. The Morgan fingerprint density at radius 3 is 2.74 bits per heavy atom. The van der Waals surface area contributed by atoms with Crippen LogP contribution in [0.15, 0.2) is 0 Å². The second kappa shape index (κ2) is 5.06. The summed E-state index contributed by atoms with van der Waals surface area (Å²) < 4.78 is 10.7. The number of hydrogen-bond acceptors (Lipinski definition) is 3. The summed E-state index contributed by atoms with van der Waals surface area (Å²) >= 11 is 0. The highest BCUT2D eigenvalue weighted by atomic mass is 16.5. The minimum absolute atomic E-state index is 0.0962. The Morgan fingerprint density at radius 1 is 1.32 bits per heavy atom. The molecule has 1 spiro atoms. The molecule has 0 aromatic rings. The SMILES string of the molecule is COCCC1(C(=O)N2CC[C@]3(CCOC3)C2)CCC1. The molecule has 1 atom stereocenters. The molecule has 108 valence electrons. The van der Waals surface area contributed by atoms with E-state index in [1.165, 1.54) is 6.42 Å². The maximum absolute atomic E-state index is 12.8. The molecule has 4 heteroatoms. The maximum atomic E-state index is 12.8. The average molecular weight is 267 g/mol. The smallest absolute Gasteiger partial charge is 0.228 e. The summed E-state index contributed by atoms with van der Waals surface area (Å²) in [7, 11) is 1.72. The number of amides is 1. The Kier molecular flexibility index (Phi) is 3.56. The van der Waals surface area contributed by atoms with Crippen molar-refractivity contribution in [3.05, 3.63) is 0 Å². The molecular weight excluding hydrogens is 242 g/mol. The molecule has 0 N–H and O–H groups in total. The third kappa shape index (κ3) is 2.29. The number of methoxy groups -OCH3 is 1. The van der Waals surface area contributed by atoms with Crippen LogP contribution in [-0.4, -0.2) is 50.8 Å². The summed E-state index contributed by atoms with van der Waals surface area (Å²) in [4.78, 5) is 14.9. The van der Waals surface area contributed by atoms with E-state index in [0.717, 1.165) is 58.4 Å². The lowest BCUT2D eigenvalue weighted by atomic mass is 9.66. The molecular formula is C15H25NO3. The summed E-state index contributed by atoms with van der Waals surface area (Å²) in [6.07, 6.45) is 6.44. The molecule has 0 unspecified atom stereocenters. The van der Waals surface area contributed by atoms with Gasteiger partial charge in [-0.15, -0.1) is 0 Å². The number of nitrogens with zero attached hydrogens (tertiary/aromatic N) is 1. The van der Waals surface area contributed by atoms with Crippen LogP contribution in [-0.2, 0) is 14.3 Å². The van der Waals surface area contributed by atoms with Crippen molar-refractivity contribution in [3.63, 3.8) is 0 Å². The normalized spacial score (nSPS) is 32.8. The van der Waals surface area contributed by atoms with Crippen molar-refractivity contribution in [2.45, 2.75) is 38.5 Å². The van der Waals surface area contributed by atoms with Crippen LogP contribution in [0.1, 0.15) is 38.5 Å². The second-order valence-corrected chi connectivity index (χ2v) is 6.66. The third-order valence-corrected chi connectivity index (χ3v) is 5.46. The Bertz CT molecular complexity index is 345. The lowest BCUT2D eigenvalue weighted by Crippen LogP contribution is -2.48. The zero-order valence-corrected chi connectivity index (χ0v) is 12.0. The highest BCUT2D eigenvalue weighted by Gasteiger charge is 2.50. The van der Waals surface area contributed by atoms with Crippen molar-refractivity contribution >= 4 is 5.91 Å². The van der Waals surface area contributed by atoms with Gasteiger partial charge in [0.2, 0.25) is 5.91 Å². The molecule has 3 fully saturated rings. The fourth-order valence-corrected chi connectivity index (χ4v) is 3.89. The van der Waals surface area contributed by atoms with Gasteiger partial charge in [-0.05, 0) is 32.1 Å². The van der Waals surface area contributed by atoms with Gasteiger partial charge in [0.25, 0.3) is 0 Å². The largest absolute Gasteiger partial charge is 0.385 e. The summed E-state index contributed by atoms with van der Waals surface area (Å²) in [5.41, 5.74) is 0.183. The Labute approximate surface area is 115 Å². The van der Waals surface area contributed by atoms with Gasteiger partial charge in [0.05, 0.1) is 12.0 Å². The fraction of sp³-hybridized carbons (Fsp3) is 0.933. The average Bonchev–Trinajstić information content (AvgIpc) is 2.99. The molecule has 0 aromatic heterocycles. The van der Waals surface area contributed by atoms with Crippen LogP contribution in [0, 0.1) is 10.8 Å². The van der Waals surface area contributed by atoms with E-state index in [4.69, 9.17) is 9.47 Å². The third-order valence-electron chi connectivity index (χ3n) is 5.46. The molecule has 2 saturated heterocycles. The van der Waals surface area contributed by atoms with Crippen molar-refractivity contribution in [1.29, 1.82) is 0 Å². The number of hydrogen-bond donors (Lipinski definition) is 0. The number of ether oxygens (including phenoxy) is 2. The van der Waals surface area contributed by atoms with Gasteiger partial charge in [-0.2, -0.15) is 0 Å². The van der Waals surface area contributed by atoms with Gasteiger partial charge in [-0.3, -0.25) is 4.79 Å². The summed E-state index contributed by atoms with van der Waals surface area (Å²) in [5.74, 6) is 0.388. The van der Waals surface area contributed by atoms with Gasteiger partial charge in [-0.25, -0.2) is 0 Å². The Balaban J connectivity index is 1.63. The quantitative estimate of drug-likeness (QED) is 0.780. The number of carbonyl (C=O) groups excluding carboxylic acids is 1. The molecule has 3 aliphatic rings. The molecule has 4 nitrogen and oxygen atoms in total. The van der Waals surface area contributed by atoms with Gasteiger partial charge >= 0.3 is 0 Å². The zero-order valence-electron chi connectivity index (χ0n) is 12.0. The summed E-state index contributed by atoms with van der Waals surface area (Å²) in [5, 5.41) is 0. The van der Waals surface area contributed by atoms with E-state index in [2.05, 4.69) is 4.90 Å². The molecule has 1 saturated carbocycles. The molecule has 2 heterocycles. The molecule has 1 amide bonds. The summed E-state index contributed by atoms with van der Waals surface area (Å²) in [6.45, 7) is 4.27. The predicted molar refractivity (Wildman–Crippen MR) is 71.8 cm³/mol. The van der Waals surface area contributed by atoms with Crippen molar-refractivity contribution < 1.29 is 14.3 Å². The number of likely N-dealkylation sites (tertiary alicyclic amines) is 1. The van der Waals surface area contributed by atoms with Gasteiger partial charge in [-0.1, -0.05) is 6.42 Å². The first-order valence-electron chi connectivity index (χ1n) is 7.56. The highest BCUT2D eigenvalue weighted by Crippen LogP contribution is 2.48. The summed E-state index contributed by atoms with van der Waals surface area (Å²) in [6, 6.07) is 0. The fourth-order valence-electron chi connectivity index (χ4n) is 3.89. The van der Waals surface area contributed by atoms with E-state index >= 15 is 0 Å². The minimum Gasteiger partial charge on any atom is -0.385 e. The lowest BCUT2D eigenvalue weighted by molar-refractivity contribution is -0.148. The van der Waals surface area contributed by atoms with Crippen molar-refractivity contribution in [2.24, 2.45) is 10.8 Å². The van der Waals surface area contributed by atoms with Crippen molar-refractivity contribution in [3.8, 4) is 0 Å². The van der Waals surface area contributed by atoms with Crippen LogP contribution in [0.25, 0.3) is 0 Å².